The predicted molar refractivity (Wildman–Crippen MR) is 85.3 cm³/mol. The molecule has 0 aliphatic carbocycles. The van der Waals surface area contributed by atoms with Gasteiger partial charge in [0, 0.05) is 0 Å². The number of benzene rings is 1. The molecule has 1 amide bonds. The summed E-state index contributed by atoms with van der Waals surface area (Å²) >= 11 is -2.45. The Hall–Kier alpha value is -1.15. The molecule has 1 aromatic rings. The van der Waals surface area contributed by atoms with Gasteiger partial charge in [0.05, 0.1) is 0 Å². The molecule has 0 radical (unpaired) electrons. The van der Waals surface area contributed by atoms with E-state index in [0.29, 0.717) is 6.54 Å². The molecule has 1 heterocycles. The van der Waals surface area contributed by atoms with E-state index < -0.39 is 30.1 Å². The molecule has 0 unspecified atom stereocenters. The fourth-order valence-corrected chi connectivity index (χ4v) is 6.38. The number of carbonyl (C=O) groups is 2. The number of ketones is 1. The summed E-state index contributed by atoms with van der Waals surface area (Å²) in [7, 11) is 0. The monoisotopic (exact) mass is 416 g/mol. The van der Waals surface area contributed by atoms with E-state index in [9.17, 15) is 14.0 Å². The number of carbonyl (C=O) groups excluding carboxylic acids is 2. The summed E-state index contributed by atoms with van der Waals surface area (Å²) in [4.78, 5) is 30.4. The van der Waals surface area contributed by atoms with Gasteiger partial charge < -0.3 is 0 Å². The topological polar surface area (TPSA) is 72.6 Å². The third kappa shape index (κ3) is 3.98. The zero-order valence-corrected chi connectivity index (χ0v) is 15.9. The van der Waals surface area contributed by atoms with Gasteiger partial charge in [-0.3, -0.25) is 0 Å². The summed E-state index contributed by atoms with van der Waals surface area (Å²) in [5, 5.41) is 0. The summed E-state index contributed by atoms with van der Waals surface area (Å²) in [6.07, 6.45) is -0.422. The first-order valence-corrected chi connectivity index (χ1v) is 17.2. The van der Waals surface area contributed by atoms with Gasteiger partial charge in [-0.05, 0) is 0 Å². The summed E-state index contributed by atoms with van der Waals surface area (Å²) in [6.45, 7) is 0.713. The van der Waals surface area contributed by atoms with Gasteiger partial charge in [0.2, 0.25) is 0 Å². The van der Waals surface area contributed by atoms with Crippen LogP contribution in [0.5, 0.6) is 0 Å². The summed E-state index contributed by atoms with van der Waals surface area (Å²) in [6, 6.07) is 5.28. The van der Waals surface area contributed by atoms with Crippen LogP contribution in [0.1, 0.15) is 6.42 Å². The second kappa shape index (κ2) is 6.54. The molecule has 120 valence electrons. The van der Waals surface area contributed by atoms with Gasteiger partial charge in [-0.15, -0.1) is 0 Å². The number of primary amides is 1. The minimum absolute atomic E-state index is 0.0369. The zero-order valence-electron chi connectivity index (χ0n) is 13.1. The van der Waals surface area contributed by atoms with Gasteiger partial charge in [0.15, 0.2) is 0 Å². The van der Waals surface area contributed by atoms with Crippen molar-refractivity contribution < 1.29 is 18.7 Å². The Labute approximate surface area is 133 Å². The van der Waals surface area contributed by atoms with Crippen molar-refractivity contribution in [3.8, 4) is 0 Å². The number of Topliss-reactive ketones (excluding diaryl/α,β-unsaturated/α-hetero) is 1. The molecule has 0 bridgehead atoms. The fourth-order valence-electron chi connectivity index (χ4n) is 2.47. The van der Waals surface area contributed by atoms with Crippen molar-refractivity contribution in [3.63, 3.8) is 0 Å². The van der Waals surface area contributed by atoms with Crippen molar-refractivity contribution in [3.05, 3.63) is 24.0 Å². The maximum absolute atomic E-state index is 14.3. The van der Waals surface area contributed by atoms with E-state index >= 15 is 0 Å². The Morgan fingerprint density at radius 2 is 2.09 bits per heavy atom. The number of nitrogens with zero attached hydrogens (tertiary/aromatic N) is 1. The van der Waals surface area contributed by atoms with Crippen LogP contribution in [0.4, 0.5) is 10.1 Å². The van der Waals surface area contributed by atoms with Crippen LogP contribution in [-0.4, -0.2) is 49.4 Å². The van der Waals surface area contributed by atoms with Crippen LogP contribution in [0.3, 0.4) is 0 Å². The standard InChI is InChI=1S/C12H12FN2O3.3CH3.Sn/c13-8-2-1-3-9(4-8)15-6-10(18-7-15)5-11(16)12(14)17;;;;/h1,3-4,10H,5-7H2,(H2,14,17);3*1H3;/t10-;;;;/m0..../s1. The Kier molecular flexibility index (Phi) is 5.11. The Morgan fingerprint density at radius 1 is 1.41 bits per heavy atom. The van der Waals surface area contributed by atoms with E-state index in [0.717, 1.165) is 9.27 Å². The number of amides is 1. The quantitative estimate of drug-likeness (QED) is 0.575. The van der Waals surface area contributed by atoms with E-state index in [-0.39, 0.29) is 25.1 Å². The molecule has 1 aliphatic rings. The summed E-state index contributed by atoms with van der Waals surface area (Å²) in [5.74, 6) is -1.76. The van der Waals surface area contributed by atoms with Gasteiger partial charge in [0.25, 0.3) is 0 Å². The van der Waals surface area contributed by atoms with Crippen LogP contribution in [0.15, 0.2) is 18.2 Å². The van der Waals surface area contributed by atoms with Crippen molar-refractivity contribution in [1.29, 1.82) is 0 Å². The number of anilines is 1. The molecular formula is C15H21FN2O3Sn. The van der Waals surface area contributed by atoms with Gasteiger partial charge in [-0.1, -0.05) is 0 Å². The van der Waals surface area contributed by atoms with Crippen molar-refractivity contribution in [2.75, 3.05) is 18.2 Å². The molecule has 7 heteroatoms. The van der Waals surface area contributed by atoms with Crippen molar-refractivity contribution >= 4 is 39.3 Å². The maximum atomic E-state index is 14.3. The average molecular weight is 415 g/mol. The van der Waals surface area contributed by atoms with Gasteiger partial charge in [-0.25, -0.2) is 0 Å². The number of hydrogen-bond acceptors (Lipinski definition) is 4. The molecule has 22 heavy (non-hydrogen) atoms. The van der Waals surface area contributed by atoms with E-state index in [1.54, 1.807) is 0 Å². The predicted octanol–water partition coefficient (Wildman–Crippen LogP) is 0.978. The normalized spacial score (nSPS) is 18.5. The third-order valence-electron chi connectivity index (χ3n) is 3.70. The van der Waals surface area contributed by atoms with Gasteiger partial charge >= 0.3 is 133 Å². The number of halogens is 1. The number of nitrogens with two attached hydrogens (primary N) is 1. The van der Waals surface area contributed by atoms with E-state index in [1.165, 1.54) is 6.07 Å². The van der Waals surface area contributed by atoms with Crippen molar-refractivity contribution in [2.45, 2.75) is 27.3 Å². The second-order valence-electron chi connectivity index (χ2n) is 6.55. The number of ether oxygens (including phenoxy) is 1. The minimum atomic E-state index is -2.45. The summed E-state index contributed by atoms with van der Waals surface area (Å²) in [5.41, 5.74) is 5.66. The average Bonchev–Trinajstić information content (AvgIpc) is 2.85. The van der Waals surface area contributed by atoms with Gasteiger partial charge in [-0.2, -0.15) is 0 Å². The van der Waals surface area contributed by atoms with Crippen LogP contribution >= 0.6 is 0 Å². The van der Waals surface area contributed by atoms with Crippen LogP contribution in [-0.2, 0) is 14.3 Å². The van der Waals surface area contributed by atoms with E-state index in [2.05, 4.69) is 14.8 Å². The molecule has 1 aliphatic heterocycles. The number of hydrogen-bond donors (Lipinski definition) is 1. The SMILES string of the molecule is [CH3][Sn]([CH3])([CH3])[c]1ccc(N2CO[C@@H](CC(=O)C(N)=O)C2)cc1F. The van der Waals surface area contributed by atoms with Crippen molar-refractivity contribution in [2.24, 2.45) is 5.73 Å². The van der Waals surface area contributed by atoms with E-state index in [4.69, 9.17) is 10.5 Å². The molecule has 2 rings (SSSR count). The Bertz CT molecular complexity index is 601. The molecule has 1 fully saturated rings. The molecule has 1 atom stereocenters. The molecule has 2 N–H and O–H groups in total. The summed E-state index contributed by atoms with van der Waals surface area (Å²) < 4.78 is 20.6. The van der Waals surface area contributed by atoms with Crippen molar-refractivity contribution in [1.82, 2.24) is 0 Å². The van der Waals surface area contributed by atoms with Crippen LogP contribution in [0, 0.1) is 5.82 Å². The second-order valence-corrected chi connectivity index (χ2v) is 20.9. The first kappa shape index (κ1) is 17.2. The fraction of sp³-hybridized carbons (Fsp3) is 0.467. The Balaban J connectivity index is 2.07. The first-order valence-electron chi connectivity index (χ1n) is 7.17. The van der Waals surface area contributed by atoms with Gasteiger partial charge in [0.1, 0.15) is 0 Å². The molecule has 5 nitrogen and oxygen atoms in total. The van der Waals surface area contributed by atoms with Crippen LogP contribution in [0.25, 0.3) is 0 Å². The molecular weight excluding hydrogens is 394 g/mol. The third-order valence-corrected chi connectivity index (χ3v) is 9.47. The molecule has 0 aromatic heterocycles. The van der Waals surface area contributed by atoms with Crippen LogP contribution < -0.4 is 14.2 Å². The molecule has 0 saturated carbocycles. The molecule has 1 saturated heterocycles. The molecule has 1 aromatic carbocycles. The zero-order chi connectivity index (χ0) is 16.5. The molecule has 0 spiro atoms. The first-order chi connectivity index (χ1) is 10.2. The van der Waals surface area contributed by atoms with E-state index in [1.807, 2.05) is 17.0 Å². The Morgan fingerprint density at radius 3 is 2.64 bits per heavy atom. The van der Waals surface area contributed by atoms with Crippen LogP contribution in [0.2, 0.25) is 14.8 Å². The number of rotatable bonds is 5.